The van der Waals surface area contributed by atoms with Crippen molar-refractivity contribution >= 4 is 11.7 Å². The molecule has 0 saturated heterocycles. The monoisotopic (exact) mass is 334 g/mol. The molecule has 0 bridgehead atoms. The van der Waals surface area contributed by atoms with Gasteiger partial charge in [-0.2, -0.15) is 13.2 Å². The Morgan fingerprint density at radius 3 is 2.33 bits per heavy atom. The van der Waals surface area contributed by atoms with Crippen LogP contribution in [0.2, 0.25) is 0 Å². The van der Waals surface area contributed by atoms with Crippen molar-refractivity contribution in [3.05, 3.63) is 60.3 Å². The summed E-state index contributed by atoms with van der Waals surface area (Å²) in [6.45, 7) is 0. The van der Waals surface area contributed by atoms with Crippen LogP contribution in [-0.4, -0.2) is 21.1 Å². The van der Waals surface area contributed by atoms with Crippen LogP contribution in [0.25, 0.3) is 11.3 Å². The van der Waals surface area contributed by atoms with E-state index in [0.29, 0.717) is 11.3 Å². The summed E-state index contributed by atoms with van der Waals surface area (Å²) in [5, 5.41) is 10.2. The fourth-order valence-electron chi connectivity index (χ4n) is 1.89. The smallest absolute Gasteiger partial charge is 0.416 e. The molecule has 2 heterocycles. The van der Waals surface area contributed by atoms with Crippen LogP contribution < -0.4 is 5.32 Å². The minimum atomic E-state index is -4.39. The summed E-state index contributed by atoms with van der Waals surface area (Å²) in [5.74, 6) is -0.334. The van der Waals surface area contributed by atoms with Gasteiger partial charge in [0.1, 0.15) is 6.26 Å². The van der Waals surface area contributed by atoms with Crippen LogP contribution in [0.3, 0.4) is 0 Å². The molecule has 9 heteroatoms. The molecule has 0 aliphatic carbocycles. The van der Waals surface area contributed by atoms with Gasteiger partial charge in [0.05, 0.1) is 11.3 Å². The average Bonchev–Trinajstić information content (AvgIpc) is 3.09. The van der Waals surface area contributed by atoms with Gasteiger partial charge in [0.2, 0.25) is 0 Å². The molecule has 1 amide bonds. The lowest BCUT2D eigenvalue weighted by Crippen LogP contribution is -2.13. The lowest BCUT2D eigenvalue weighted by Gasteiger charge is -2.07. The molecular formula is C15H9F3N4O2. The summed E-state index contributed by atoms with van der Waals surface area (Å²) in [6.07, 6.45) is -2.09. The summed E-state index contributed by atoms with van der Waals surface area (Å²) < 4.78 is 42.3. The molecule has 122 valence electrons. The molecule has 0 aliphatic rings. The second-order valence-corrected chi connectivity index (χ2v) is 4.71. The van der Waals surface area contributed by atoms with Crippen LogP contribution in [0.4, 0.5) is 19.0 Å². The number of rotatable bonds is 3. The number of carbonyl (C=O) groups excluding carboxylic acids is 1. The summed E-state index contributed by atoms with van der Waals surface area (Å²) in [5.41, 5.74) is 0.201. The van der Waals surface area contributed by atoms with E-state index >= 15 is 0 Å². The third-order valence-electron chi connectivity index (χ3n) is 3.08. The number of nitrogens with one attached hydrogen (secondary N) is 1. The van der Waals surface area contributed by atoms with E-state index in [0.717, 1.165) is 18.5 Å². The van der Waals surface area contributed by atoms with Gasteiger partial charge in [-0.1, -0.05) is 12.1 Å². The van der Waals surface area contributed by atoms with Crippen LogP contribution in [0, 0.1) is 0 Å². The minimum Gasteiger partial charge on any atom is -0.451 e. The Morgan fingerprint density at radius 1 is 1.04 bits per heavy atom. The van der Waals surface area contributed by atoms with E-state index in [1.165, 1.54) is 30.5 Å². The Balaban J connectivity index is 1.73. The average molecular weight is 334 g/mol. The lowest BCUT2D eigenvalue weighted by molar-refractivity contribution is -0.137. The molecule has 6 nitrogen and oxygen atoms in total. The second kappa shape index (κ2) is 6.11. The zero-order chi connectivity index (χ0) is 17.2. The highest BCUT2D eigenvalue weighted by Crippen LogP contribution is 2.30. The Hall–Kier alpha value is -3.23. The van der Waals surface area contributed by atoms with Crippen molar-refractivity contribution in [3.8, 4) is 11.3 Å². The van der Waals surface area contributed by atoms with Crippen molar-refractivity contribution in [2.75, 3.05) is 5.32 Å². The van der Waals surface area contributed by atoms with E-state index in [2.05, 4.69) is 20.5 Å². The number of carbonyl (C=O) groups is 1. The van der Waals surface area contributed by atoms with Crippen molar-refractivity contribution in [2.45, 2.75) is 6.18 Å². The zero-order valence-corrected chi connectivity index (χ0v) is 11.9. The van der Waals surface area contributed by atoms with Crippen molar-refractivity contribution in [3.63, 3.8) is 0 Å². The SMILES string of the molecule is O=C(Nc1ccc(-c2ccc(C(F)(F)F)cc2)nn1)c1cocn1. The molecule has 2 aromatic heterocycles. The second-order valence-electron chi connectivity index (χ2n) is 4.71. The number of benzene rings is 1. The molecule has 0 atom stereocenters. The third kappa shape index (κ3) is 3.40. The molecule has 1 N–H and O–H groups in total. The first-order valence-electron chi connectivity index (χ1n) is 6.64. The molecule has 0 spiro atoms. The van der Waals surface area contributed by atoms with Crippen molar-refractivity contribution in [1.29, 1.82) is 0 Å². The highest BCUT2D eigenvalue weighted by Gasteiger charge is 2.30. The summed E-state index contributed by atoms with van der Waals surface area (Å²) >= 11 is 0. The fraction of sp³-hybridized carbons (Fsp3) is 0.0667. The maximum Gasteiger partial charge on any atom is 0.416 e. The number of amides is 1. The largest absolute Gasteiger partial charge is 0.451 e. The molecular weight excluding hydrogens is 325 g/mol. The van der Waals surface area contributed by atoms with Crippen LogP contribution in [-0.2, 0) is 6.18 Å². The summed E-state index contributed by atoms with van der Waals surface area (Å²) in [6, 6.07) is 7.57. The predicted octanol–water partition coefficient (Wildman–Crippen LogP) is 3.40. The Labute approximate surface area is 133 Å². The van der Waals surface area contributed by atoms with Gasteiger partial charge in [0.15, 0.2) is 17.9 Å². The first-order chi connectivity index (χ1) is 11.4. The van der Waals surface area contributed by atoms with Gasteiger partial charge < -0.3 is 9.73 Å². The highest BCUT2D eigenvalue weighted by molar-refractivity contribution is 6.01. The quantitative estimate of drug-likeness (QED) is 0.794. The Morgan fingerprint density at radius 2 is 1.79 bits per heavy atom. The third-order valence-corrected chi connectivity index (χ3v) is 3.08. The number of anilines is 1. The number of halogens is 3. The van der Waals surface area contributed by atoms with Gasteiger partial charge in [0.25, 0.3) is 5.91 Å². The summed E-state index contributed by atoms with van der Waals surface area (Å²) in [7, 11) is 0. The van der Waals surface area contributed by atoms with Crippen LogP contribution in [0.15, 0.2) is 53.5 Å². The molecule has 3 rings (SSSR count). The molecule has 24 heavy (non-hydrogen) atoms. The first-order valence-corrected chi connectivity index (χ1v) is 6.64. The molecule has 0 saturated carbocycles. The number of aromatic nitrogens is 3. The maximum absolute atomic E-state index is 12.5. The van der Waals surface area contributed by atoms with Crippen molar-refractivity contribution in [1.82, 2.24) is 15.2 Å². The topological polar surface area (TPSA) is 80.9 Å². The predicted molar refractivity (Wildman–Crippen MR) is 76.9 cm³/mol. The van der Waals surface area contributed by atoms with E-state index in [9.17, 15) is 18.0 Å². The van der Waals surface area contributed by atoms with Gasteiger partial charge in [-0.05, 0) is 24.3 Å². The van der Waals surface area contributed by atoms with E-state index < -0.39 is 17.6 Å². The van der Waals surface area contributed by atoms with Gasteiger partial charge in [0, 0.05) is 5.56 Å². The molecule has 0 unspecified atom stereocenters. The van der Waals surface area contributed by atoms with E-state index in [-0.39, 0.29) is 11.5 Å². The lowest BCUT2D eigenvalue weighted by atomic mass is 10.1. The summed E-state index contributed by atoms with van der Waals surface area (Å²) in [4.78, 5) is 15.4. The van der Waals surface area contributed by atoms with Crippen LogP contribution >= 0.6 is 0 Å². The zero-order valence-electron chi connectivity index (χ0n) is 11.9. The fourth-order valence-corrected chi connectivity index (χ4v) is 1.89. The van der Waals surface area contributed by atoms with Crippen LogP contribution in [0.1, 0.15) is 16.1 Å². The molecule has 3 aromatic rings. The Bertz CT molecular complexity index is 829. The highest BCUT2D eigenvalue weighted by atomic mass is 19.4. The van der Waals surface area contributed by atoms with Gasteiger partial charge in [-0.3, -0.25) is 4.79 Å². The number of alkyl halides is 3. The molecule has 0 fully saturated rings. The van der Waals surface area contributed by atoms with E-state index in [1.807, 2.05) is 0 Å². The standard InChI is InChI=1S/C15H9F3N4O2/c16-15(17,18)10-3-1-9(2-4-10)11-5-6-13(22-21-11)20-14(23)12-7-24-8-19-12/h1-8H,(H,20,22,23). The van der Waals surface area contributed by atoms with Gasteiger partial charge >= 0.3 is 6.18 Å². The molecule has 1 aromatic carbocycles. The minimum absolute atomic E-state index is 0.0867. The van der Waals surface area contributed by atoms with E-state index in [4.69, 9.17) is 4.42 Å². The molecule has 0 radical (unpaired) electrons. The number of hydrogen-bond acceptors (Lipinski definition) is 5. The van der Waals surface area contributed by atoms with Crippen molar-refractivity contribution < 1.29 is 22.4 Å². The first kappa shape index (κ1) is 15.7. The maximum atomic E-state index is 12.5. The number of oxazole rings is 1. The van der Waals surface area contributed by atoms with Gasteiger partial charge in [-0.15, -0.1) is 10.2 Å². The normalized spacial score (nSPS) is 11.3. The number of nitrogens with zero attached hydrogens (tertiary/aromatic N) is 3. The van der Waals surface area contributed by atoms with E-state index in [1.54, 1.807) is 0 Å². The van der Waals surface area contributed by atoms with Crippen LogP contribution in [0.5, 0.6) is 0 Å². The molecule has 0 aliphatic heterocycles. The van der Waals surface area contributed by atoms with Crippen molar-refractivity contribution in [2.24, 2.45) is 0 Å². The Kier molecular flexibility index (Phi) is 3.98. The van der Waals surface area contributed by atoms with Gasteiger partial charge in [-0.25, -0.2) is 4.98 Å². The number of hydrogen-bond donors (Lipinski definition) is 1.